The summed E-state index contributed by atoms with van der Waals surface area (Å²) < 4.78 is 21.0. The Hall–Kier alpha value is -1.07. The Labute approximate surface area is 87.9 Å². The van der Waals surface area contributed by atoms with Crippen molar-refractivity contribution in [2.24, 2.45) is 0 Å². The molecule has 84 valence electrons. The summed E-state index contributed by atoms with van der Waals surface area (Å²) in [5.41, 5.74) is 0. The lowest BCUT2D eigenvalue weighted by atomic mass is 10.2. The van der Waals surface area contributed by atoms with Crippen molar-refractivity contribution in [3.8, 4) is 0 Å². The molecule has 2 aliphatic rings. The topological polar surface area (TPSA) is 54.0 Å². The van der Waals surface area contributed by atoms with Crippen LogP contribution in [0.25, 0.3) is 0 Å². The van der Waals surface area contributed by atoms with E-state index >= 15 is 0 Å². The van der Waals surface area contributed by atoms with Crippen LogP contribution in [0.4, 0.5) is 0 Å². The van der Waals surface area contributed by atoms with Gasteiger partial charge in [0.15, 0.2) is 5.79 Å². The molecule has 0 radical (unpaired) electrons. The molecule has 2 saturated heterocycles. The highest BCUT2D eigenvalue weighted by molar-refractivity contribution is 5.82. The van der Waals surface area contributed by atoms with Gasteiger partial charge in [-0.1, -0.05) is 0 Å². The van der Waals surface area contributed by atoms with Crippen LogP contribution >= 0.6 is 0 Å². The van der Waals surface area contributed by atoms with Crippen molar-refractivity contribution in [3.05, 3.63) is 11.8 Å². The van der Waals surface area contributed by atoms with Crippen LogP contribution in [-0.2, 0) is 23.7 Å². The molecule has 0 N–H and O–H groups in total. The lowest BCUT2D eigenvalue weighted by molar-refractivity contribution is -0.157. The number of methoxy groups -OCH3 is 1. The Morgan fingerprint density at radius 2 is 2.27 bits per heavy atom. The summed E-state index contributed by atoms with van der Waals surface area (Å²) in [5.74, 6) is -0.578. The van der Waals surface area contributed by atoms with Gasteiger partial charge in [-0.25, -0.2) is 4.79 Å². The molecule has 0 saturated carbocycles. The number of fused-ring (bicyclic) bond motifs is 1. The van der Waals surface area contributed by atoms with Gasteiger partial charge in [0.25, 0.3) is 0 Å². The van der Waals surface area contributed by atoms with Crippen LogP contribution in [0.15, 0.2) is 11.8 Å². The third-order valence-corrected chi connectivity index (χ3v) is 2.34. The molecule has 2 atom stereocenters. The number of carbonyl (C=O) groups excluding carboxylic acids is 1. The van der Waals surface area contributed by atoms with E-state index in [-0.39, 0.29) is 12.2 Å². The molecule has 15 heavy (non-hydrogen) atoms. The number of esters is 1. The fourth-order valence-electron chi connectivity index (χ4n) is 1.76. The normalized spacial score (nSPS) is 35.0. The van der Waals surface area contributed by atoms with Gasteiger partial charge in [0, 0.05) is 0 Å². The molecule has 5 nitrogen and oxygen atoms in total. The van der Waals surface area contributed by atoms with E-state index in [1.54, 1.807) is 0 Å². The molecule has 0 spiro atoms. The Balaban J connectivity index is 2.12. The van der Waals surface area contributed by atoms with Gasteiger partial charge in [-0.05, 0) is 13.8 Å². The SMILES string of the molecule is COC(=O)/C=C1/OC[C@H]2OC(C)(C)O[C@@H]12. The second-order valence-corrected chi connectivity index (χ2v) is 3.98. The van der Waals surface area contributed by atoms with Gasteiger partial charge in [0.2, 0.25) is 0 Å². The minimum Gasteiger partial charge on any atom is -0.492 e. The Bertz CT molecular complexity index is 307. The molecule has 5 heteroatoms. The van der Waals surface area contributed by atoms with Crippen molar-refractivity contribution >= 4 is 5.97 Å². The minimum atomic E-state index is -0.617. The molecule has 0 bridgehead atoms. The zero-order valence-corrected chi connectivity index (χ0v) is 8.98. The third kappa shape index (κ3) is 1.98. The molecule has 0 aliphatic carbocycles. The van der Waals surface area contributed by atoms with E-state index in [1.165, 1.54) is 13.2 Å². The smallest absolute Gasteiger partial charge is 0.333 e. The van der Waals surface area contributed by atoms with E-state index in [4.69, 9.17) is 14.2 Å². The van der Waals surface area contributed by atoms with E-state index in [0.29, 0.717) is 12.4 Å². The molecule has 0 aromatic rings. The first kappa shape index (κ1) is 10.4. The second-order valence-electron chi connectivity index (χ2n) is 3.98. The molecular formula is C10H14O5. The summed E-state index contributed by atoms with van der Waals surface area (Å²) in [4.78, 5) is 11.0. The van der Waals surface area contributed by atoms with Crippen LogP contribution in [-0.4, -0.2) is 37.7 Å². The highest BCUT2D eigenvalue weighted by Gasteiger charge is 2.48. The van der Waals surface area contributed by atoms with Crippen molar-refractivity contribution in [1.29, 1.82) is 0 Å². The highest BCUT2D eigenvalue weighted by atomic mass is 16.8. The van der Waals surface area contributed by atoms with Gasteiger partial charge < -0.3 is 18.9 Å². The Morgan fingerprint density at radius 1 is 1.53 bits per heavy atom. The Morgan fingerprint density at radius 3 is 2.93 bits per heavy atom. The fraction of sp³-hybridized carbons (Fsp3) is 0.700. The van der Waals surface area contributed by atoms with E-state index in [9.17, 15) is 4.79 Å². The molecule has 2 heterocycles. The van der Waals surface area contributed by atoms with E-state index < -0.39 is 11.8 Å². The minimum absolute atomic E-state index is 0.129. The maximum atomic E-state index is 11.0. The predicted molar refractivity (Wildman–Crippen MR) is 49.9 cm³/mol. The summed E-state index contributed by atoms with van der Waals surface area (Å²) in [6.45, 7) is 4.08. The number of ether oxygens (including phenoxy) is 4. The van der Waals surface area contributed by atoms with Crippen molar-refractivity contribution in [2.45, 2.75) is 31.8 Å². The molecule has 2 fully saturated rings. The second kappa shape index (κ2) is 3.50. The molecule has 0 amide bonds. The van der Waals surface area contributed by atoms with Crippen LogP contribution < -0.4 is 0 Å². The molecular weight excluding hydrogens is 200 g/mol. The zero-order valence-electron chi connectivity index (χ0n) is 8.98. The van der Waals surface area contributed by atoms with Crippen molar-refractivity contribution in [2.75, 3.05) is 13.7 Å². The first-order chi connectivity index (χ1) is 7.02. The van der Waals surface area contributed by atoms with Gasteiger partial charge in [-0.2, -0.15) is 0 Å². The summed E-state index contributed by atoms with van der Waals surface area (Å²) in [7, 11) is 1.32. The molecule has 0 unspecified atom stereocenters. The molecule has 0 aromatic carbocycles. The maximum Gasteiger partial charge on any atom is 0.333 e. The number of hydrogen-bond acceptors (Lipinski definition) is 5. The molecule has 2 aliphatic heterocycles. The van der Waals surface area contributed by atoms with Crippen molar-refractivity contribution in [1.82, 2.24) is 0 Å². The fourth-order valence-corrected chi connectivity index (χ4v) is 1.76. The monoisotopic (exact) mass is 214 g/mol. The number of carbonyl (C=O) groups is 1. The van der Waals surface area contributed by atoms with Crippen molar-refractivity contribution in [3.63, 3.8) is 0 Å². The van der Waals surface area contributed by atoms with E-state index in [0.717, 1.165) is 0 Å². The average Bonchev–Trinajstić information content (AvgIpc) is 2.63. The van der Waals surface area contributed by atoms with Crippen LogP contribution in [0.2, 0.25) is 0 Å². The van der Waals surface area contributed by atoms with Crippen molar-refractivity contribution < 1.29 is 23.7 Å². The van der Waals surface area contributed by atoms with Gasteiger partial charge in [-0.15, -0.1) is 0 Å². The summed E-state index contributed by atoms with van der Waals surface area (Å²) in [6, 6.07) is 0. The third-order valence-electron chi connectivity index (χ3n) is 2.34. The van der Waals surface area contributed by atoms with Crippen LogP contribution in [0.3, 0.4) is 0 Å². The standard InChI is InChI=1S/C10H14O5/c1-10(2)14-7-5-13-6(9(7)15-10)4-8(11)12-3/h4,7,9H,5H2,1-3H3/b6-4+/t7-,9+/m1/s1. The predicted octanol–water partition coefficient (Wildman–Crippen LogP) is 0.594. The van der Waals surface area contributed by atoms with Gasteiger partial charge in [-0.3, -0.25) is 0 Å². The van der Waals surface area contributed by atoms with Gasteiger partial charge >= 0.3 is 5.97 Å². The van der Waals surface area contributed by atoms with Gasteiger partial charge in [0.05, 0.1) is 13.2 Å². The summed E-state index contributed by atoms with van der Waals surface area (Å²) in [6.07, 6.45) is 0.880. The van der Waals surface area contributed by atoms with Crippen LogP contribution in [0, 0.1) is 0 Å². The summed E-state index contributed by atoms with van der Waals surface area (Å²) >= 11 is 0. The highest BCUT2D eigenvalue weighted by Crippen LogP contribution is 2.36. The first-order valence-electron chi connectivity index (χ1n) is 4.80. The summed E-state index contributed by atoms with van der Waals surface area (Å²) in [5, 5.41) is 0. The quantitative estimate of drug-likeness (QED) is 0.472. The van der Waals surface area contributed by atoms with Crippen LogP contribution in [0.5, 0.6) is 0 Å². The number of hydrogen-bond donors (Lipinski definition) is 0. The number of rotatable bonds is 1. The largest absolute Gasteiger partial charge is 0.492 e. The lowest BCUT2D eigenvalue weighted by Gasteiger charge is -2.18. The van der Waals surface area contributed by atoms with Gasteiger partial charge in [0.1, 0.15) is 24.6 Å². The van der Waals surface area contributed by atoms with Crippen LogP contribution in [0.1, 0.15) is 13.8 Å². The Kier molecular flexibility index (Phi) is 2.44. The van der Waals surface area contributed by atoms with E-state index in [2.05, 4.69) is 4.74 Å². The molecule has 2 rings (SSSR count). The van der Waals surface area contributed by atoms with E-state index in [1.807, 2.05) is 13.8 Å². The first-order valence-corrected chi connectivity index (χ1v) is 4.80. The maximum absolute atomic E-state index is 11.0. The zero-order chi connectivity index (χ0) is 11.1. The molecule has 0 aromatic heterocycles. The average molecular weight is 214 g/mol. The lowest BCUT2D eigenvalue weighted by Crippen LogP contribution is -2.23.